The summed E-state index contributed by atoms with van der Waals surface area (Å²) in [5.41, 5.74) is 8.25. The average molecular weight is 330 g/mol. The van der Waals surface area contributed by atoms with E-state index in [2.05, 4.69) is 4.98 Å². The van der Waals surface area contributed by atoms with Gasteiger partial charge in [-0.3, -0.25) is 4.98 Å². The Bertz CT molecular complexity index is 754. The first-order chi connectivity index (χ1) is 11.6. The van der Waals surface area contributed by atoms with E-state index in [4.69, 9.17) is 19.9 Å². The van der Waals surface area contributed by atoms with Gasteiger partial charge in [-0.05, 0) is 26.0 Å². The summed E-state index contributed by atoms with van der Waals surface area (Å²) in [7, 11) is 0. The molecule has 0 atom stereocenters. The Morgan fingerprint density at radius 1 is 1.38 bits per heavy atom. The van der Waals surface area contributed by atoms with Crippen LogP contribution in [0, 0.1) is 6.92 Å². The third kappa shape index (κ3) is 3.14. The lowest BCUT2D eigenvalue weighted by atomic mass is 10.1. The summed E-state index contributed by atoms with van der Waals surface area (Å²) >= 11 is 0. The molecule has 0 aliphatic carbocycles. The van der Waals surface area contributed by atoms with Gasteiger partial charge >= 0.3 is 5.97 Å². The number of anilines is 1. The molecule has 1 aromatic carbocycles. The van der Waals surface area contributed by atoms with Crippen LogP contribution in [-0.4, -0.2) is 36.9 Å². The van der Waals surface area contributed by atoms with Gasteiger partial charge in [0.1, 0.15) is 17.4 Å². The topological polar surface area (TPSA) is 83.7 Å². The summed E-state index contributed by atoms with van der Waals surface area (Å²) in [5, 5.41) is 0.664. The minimum atomic E-state index is -0.456. The fourth-order valence-electron chi connectivity index (χ4n) is 2.97. The monoisotopic (exact) mass is 330 g/mol. The number of nitrogens with two attached hydrogens (primary N) is 1. The van der Waals surface area contributed by atoms with Gasteiger partial charge in [-0.25, -0.2) is 4.79 Å². The van der Waals surface area contributed by atoms with Crippen LogP contribution in [0.1, 0.15) is 35.8 Å². The second kappa shape index (κ2) is 7.05. The predicted octanol–water partition coefficient (Wildman–Crippen LogP) is 2.86. The fraction of sp³-hybridized carbons (Fsp3) is 0.444. The summed E-state index contributed by atoms with van der Waals surface area (Å²) in [6, 6.07) is 5.61. The molecule has 2 heterocycles. The third-order valence-corrected chi connectivity index (χ3v) is 4.13. The van der Waals surface area contributed by atoms with Crippen molar-refractivity contribution in [2.45, 2.75) is 32.8 Å². The number of carbonyl (C=O) groups excluding carboxylic acids is 1. The minimum absolute atomic E-state index is 0.0797. The maximum absolute atomic E-state index is 12.2. The summed E-state index contributed by atoms with van der Waals surface area (Å²) in [5.74, 6) is 0.192. The quantitative estimate of drug-likeness (QED) is 0.868. The molecule has 24 heavy (non-hydrogen) atoms. The van der Waals surface area contributed by atoms with Gasteiger partial charge in [-0.1, -0.05) is 6.07 Å². The number of nitrogen functional groups attached to an aromatic ring is 1. The number of pyridine rings is 1. The number of carbonyl (C=O) groups is 1. The molecule has 0 saturated carbocycles. The SMILES string of the molecule is CCOC(=O)c1c(C)nc2cccc(OC3CCOCC3)c2c1N. The second-order valence-electron chi connectivity index (χ2n) is 5.79. The van der Waals surface area contributed by atoms with Gasteiger partial charge in [0.15, 0.2) is 0 Å². The lowest BCUT2D eigenvalue weighted by Gasteiger charge is -2.24. The largest absolute Gasteiger partial charge is 0.489 e. The van der Waals surface area contributed by atoms with E-state index in [1.165, 1.54) is 0 Å². The molecule has 0 amide bonds. The molecule has 0 unspecified atom stereocenters. The van der Waals surface area contributed by atoms with Gasteiger partial charge in [0.25, 0.3) is 0 Å². The van der Waals surface area contributed by atoms with Gasteiger partial charge in [0.05, 0.1) is 42.1 Å². The lowest BCUT2D eigenvalue weighted by Crippen LogP contribution is -2.26. The Morgan fingerprint density at radius 2 is 2.12 bits per heavy atom. The van der Waals surface area contributed by atoms with Crippen molar-refractivity contribution < 1.29 is 19.0 Å². The third-order valence-electron chi connectivity index (χ3n) is 4.13. The van der Waals surface area contributed by atoms with Gasteiger partial charge in [0.2, 0.25) is 0 Å². The molecule has 1 saturated heterocycles. The van der Waals surface area contributed by atoms with Crippen molar-refractivity contribution in [1.29, 1.82) is 0 Å². The molecule has 1 aliphatic rings. The zero-order chi connectivity index (χ0) is 17.1. The van der Waals surface area contributed by atoms with Crippen molar-refractivity contribution >= 4 is 22.6 Å². The van der Waals surface area contributed by atoms with Crippen molar-refractivity contribution in [2.24, 2.45) is 0 Å². The van der Waals surface area contributed by atoms with E-state index in [-0.39, 0.29) is 12.7 Å². The predicted molar refractivity (Wildman–Crippen MR) is 91.3 cm³/mol. The van der Waals surface area contributed by atoms with Crippen LogP contribution in [0.25, 0.3) is 10.9 Å². The molecule has 3 rings (SSSR count). The molecule has 6 nitrogen and oxygen atoms in total. The summed E-state index contributed by atoms with van der Waals surface area (Å²) in [4.78, 5) is 16.7. The number of fused-ring (bicyclic) bond motifs is 1. The molecule has 0 radical (unpaired) electrons. The van der Waals surface area contributed by atoms with Gasteiger partial charge < -0.3 is 19.9 Å². The summed E-state index contributed by atoms with van der Waals surface area (Å²) in [6.07, 6.45) is 1.75. The Labute approximate surface area is 140 Å². The van der Waals surface area contributed by atoms with E-state index in [0.29, 0.717) is 46.8 Å². The van der Waals surface area contributed by atoms with Crippen molar-refractivity contribution in [3.8, 4) is 5.75 Å². The molecule has 2 aromatic rings. The first-order valence-electron chi connectivity index (χ1n) is 8.22. The zero-order valence-electron chi connectivity index (χ0n) is 14.0. The number of nitrogens with zero attached hydrogens (tertiary/aromatic N) is 1. The fourth-order valence-corrected chi connectivity index (χ4v) is 2.97. The highest BCUT2D eigenvalue weighted by Crippen LogP contribution is 2.35. The van der Waals surface area contributed by atoms with E-state index in [1.54, 1.807) is 13.8 Å². The van der Waals surface area contributed by atoms with E-state index in [0.717, 1.165) is 12.8 Å². The number of hydrogen-bond acceptors (Lipinski definition) is 6. The summed E-state index contributed by atoms with van der Waals surface area (Å²) in [6.45, 7) is 5.19. The Balaban J connectivity index is 2.06. The van der Waals surface area contributed by atoms with Crippen LogP contribution in [0.2, 0.25) is 0 Å². The van der Waals surface area contributed by atoms with Crippen LogP contribution >= 0.6 is 0 Å². The highest BCUT2D eigenvalue weighted by atomic mass is 16.5. The van der Waals surface area contributed by atoms with Crippen LogP contribution in [0.4, 0.5) is 5.69 Å². The first kappa shape index (κ1) is 16.5. The first-order valence-corrected chi connectivity index (χ1v) is 8.22. The minimum Gasteiger partial charge on any atom is -0.489 e. The maximum atomic E-state index is 12.2. The van der Waals surface area contributed by atoms with Gasteiger partial charge in [-0.2, -0.15) is 0 Å². The van der Waals surface area contributed by atoms with E-state index in [9.17, 15) is 4.79 Å². The molecule has 0 bridgehead atoms. The molecule has 1 aromatic heterocycles. The molecule has 6 heteroatoms. The highest BCUT2D eigenvalue weighted by molar-refractivity contribution is 6.07. The van der Waals surface area contributed by atoms with Crippen molar-refractivity contribution in [2.75, 3.05) is 25.6 Å². The molecular formula is C18H22N2O4. The number of hydrogen-bond donors (Lipinski definition) is 1. The maximum Gasteiger partial charge on any atom is 0.342 e. The van der Waals surface area contributed by atoms with Crippen LogP contribution in [0.3, 0.4) is 0 Å². The Kier molecular flexibility index (Phi) is 4.85. The average Bonchev–Trinajstić information content (AvgIpc) is 2.56. The normalized spacial score (nSPS) is 15.4. The van der Waals surface area contributed by atoms with Crippen molar-refractivity contribution in [1.82, 2.24) is 4.98 Å². The van der Waals surface area contributed by atoms with Crippen molar-refractivity contribution in [3.05, 3.63) is 29.5 Å². The van der Waals surface area contributed by atoms with Crippen LogP contribution < -0.4 is 10.5 Å². The smallest absolute Gasteiger partial charge is 0.342 e. The molecule has 2 N–H and O–H groups in total. The number of rotatable bonds is 4. The number of benzene rings is 1. The van der Waals surface area contributed by atoms with Crippen LogP contribution in [0.5, 0.6) is 5.75 Å². The molecule has 1 aliphatic heterocycles. The Morgan fingerprint density at radius 3 is 2.83 bits per heavy atom. The number of ether oxygens (including phenoxy) is 3. The lowest BCUT2D eigenvalue weighted by molar-refractivity contribution is 0.0262. The van der Waals surface area contributed by atoms with E-state index < -0.39 is 5.97 Å². The van der Waals surface area contributed by atoms with E-state index in [1.807, 2.05) is 18.2 Å². The summed E-state index contributed by atoms with van der Waals surface area (Å²) < 4.78 is 16.6. The standard InChI is InChI=1S/C18H22N2O4/c1-3-23-18(21)15-11(2)20-13-5-4-6-14(16(13)17(15)19)24-12-7-9-22-10-8-12/h4-6,12H,3,7-10H2,1-2H3,(H2,19,20). The Hall–Kier alpha value is -2.34. The number of esters is 1. The second-order valence-corrected chi connectivity index (χ2v) is 5.79. The van der Waals surface area contributed by atoms with E-state index >= 15 is 0 Å². The molecule has 128 valence electrons. The van der Waals surface area contributed by atoms with Crippen LogP contribution in [-0.2, 0) is 9.47 Å². The number of aryl methyl sites for hydroxylation is 1. The molecule has 0 spiro atoms. The zero-order valence-corrected chi connectivity index (χ0v) is 14.0. The van der Waals surface area contributed by atoms with Crippen molar-refractivity contribution in [3.63, 3.8) is 0 Å². The van der Waals surface area contributed by atoms with Gasteiger partial charge in [-0.15, -0.1) is 0 Å². The highest BCUT2D eigenvalue weighted by Gasteiger charge is 2.22. The van der Waals surface area contributed by atoms with Gasteiger partial charge in [0, 0.05) is 12.8 Å². The number of aromatic nitrogens is 1. The molecule has 1 fully saturated rings. The molecular weight excluding hydrogens is 308 g/mol. The van der Waals surface area contributed by atoms with Crippen LogP contribution in [0.15, 0.2) is 18.2 Å².